The van der Waals surface area contributed by atoms with E-state index in [-0.39, 0.29) is 5.91 Å². The fourth-order valence-electron chi connectivity index (χ4n) is 2.96. The number of hydrogen-bond donors (Lipinski definition) is 0. The SMILES string of the molecule is Cc1nc2n(c1/C=N/N1CCN(C(=O)c3ccccc3)C1=O)CCS2. The molecule has 3 heterocycles. The van der Waals surface area contributed by atoms with Gasteiger partial charge in [-0.2, -0.15) is 5.10 Å². The van der Waals surface area contributed by atoms with Gasteiger partial charge in [0.15, 0.2) is 5.16 Å². The monoisotopic (exact) mass is 355 g/mol. The zero-order valence-corrected chi connectivity index (χ0v) is 14.6. The Labute approximate surface area is 149 Å². The van der Waals surface area contributed by atoms with Crippen molar-refractivity contribution in [3.05, 3.63) is 47.3 Å². The third kappa shape index (κ3) is 2.82. The Morgan fingerprint density at radius 1 is 1.24 bits per heavy atom. The second-order valence-electron chi connectivity index (χ2n) is 5.84. The van der Waals surface area contributed by atoms with Crippen molar-refractivity contribution in [3.8, 4) is 0 Å². The predicted octanol–water partition coefficient (Wildman–Crippen LogP) is 2.21. The first kappa shape index (κ1) is 15.9. The van der Waals surface area contributed by atoms with E-state index in [2.05, 4.69) is 14.7 Å². The number of hydrogen-bond acceptors (Lipinski definition) is 5. The number of thioether (sulfide) groups is 1. The van der Waals surface area contributed by atoms with Crippen LogP contribution in [0.15, 0.2) is 40.6 Å². The molecular formula is C17H17N5O2S. The van der Waals surface area contributed by atoms with Crippen molar-refractivity contribution in [1.29, 1.82) is 0 Å². The van der Waals surface area contributed by atoms with E-state index < -0.39 is 6.03 Å². The molecule has 4 rings (SSSR count). The highest BCUT2D eigenvalue weighted by atomic mass is 32.2. The lowest BCUT2D eigenvalue weighted by molar-refractivity contribution is 0.0822. The molecule has 0 aliphatic carbocycles. The number of aryl methyl sites for hydroxylation is 1. The standard InChI is InChI=1S/C17H17N5O2S/c1-12-14(20-9-10-25-16(20)19-12)11-18-22-8-7-21(17(22)24)15(23)13-5-3-2-4-6-13/h2-6,11H,7-10H2,1H3/b18-11+. The van der Waals surface area contributed by atoms with Crippen LogP contribution < -0.4 is 0 Å². The first-order valence-electron chi connectivity index (χ1n) is 8.07. The number of imidazole rings is 1. The zero-order valence-electron chi connectivity index (χ0n) is 13.8. The summed E-state index contributed by atoms with van der Waals surface area (Å²) in [6, 6.07) is 8.42. The van der Waals surface area contributed by atoms with Gasteiger partial charge in [0.05, 0.1) is 30.7 Å². The van der Waals surface area contributed by atoms with E-state index in [0.717, 1.165) is 28.8 Å². The predicted molar refractivity (Wildman–Crippen MR) is 94.9 cm³/mol. The van der Waals surface area contributed by atoms with Crippen LogP contribution in [0, 0.1) is 6.92 Å². The van der Waals surface area contributed by atoms with E-state index in [0.29, 0.717) is 18.7 Å². The highest BCUT2D eigenvalue weighted by Gasteiger charge is 2.33. The number of benzene rings is 1. The average Bonchev–Trinajstić information content (AvgIpc) is 3.29. The van der Waals surface area contributed by atoms with Crippen molar-refractivity contribution in [2.24, 2.45) is 5.10 Å². The van der Waals surface area contributed by atoms with Crippen LogP contribution in [-0.2, 0) is 6.54 Å². The molecule has 3 amide bonds. The summed E-state index contributed by atoms with van der Waals surface area (Å²) in [4.78, 5) is 30.7. The van der Waals surface area contributed by atoms with E-state index in [1.165, 1.54) is 9.91 Å². The molecule has 128 valence electrons. The van der Waals surface area contributed by atoms with E-state index >= 15 is 0 Å². The second kappa shape index (κ2) is 6.36. The van der Waals surface area contributed by atoms with Crippen LogP contribution in [0.2, 0.25) is 0 Å². The van der Waals surface area contributed by atoms with Crippen LogP contribution in [0.4, 0.5) is 4.79 Å². The maximum absolute atomic E-state index is 12.5. The molecule has 0 bridgehead atoms. The fourth-order valence-corrected chi connectivity index (χ4v) is 3.96. The summed E-state index contributed by atoms with van der Waals surface area (Å²) in [6.45, 7) is 3.56. The topological polar surface area (TPSA) is 70.8 Å². The number of hydrazone groups is 1. The first-order chi connectivity index (χ1) is 12.1. The van der Waals surface area contributed by atoms with E-state index in [9.17, 15) is 9.59 Å². The summed E-state index contributed by atoms with van der Waals surface area (Å²) in [6.07, 6.45) is 1.67. The highest BCUT2D eigenvalue weighted by Crippen LogP contribution is 2.27. The van der Waals surface area contributed by atoms with Crippen LogP contribution in [0.5, 0.6) is 0 Å². The number of urea groups is 1. The average molecular weight is 355 g/mol. The molecule has 1 saturated heterocycles. The Morgan fingerprint density at radius 2 is 2.04 bits per heavy atom. The number of carbonyl (C=O) groups excluding carboxylic acids is 2. The largest absolute Gasteiger partial charge is 0.347 e. The number of fused-ring (bicyclic) bond motifs is 1. The number of rotatable bonds is 3. The number of carbonyl (C=O) groups is 2. The minimum atomic E-state index is -0.390. The van der Waals surface area contributed by atoms with Gasteiger partial charge >= 0.3 is 6.03 Å². The van der Waals surface area contributed by atoms with Crippen LogP contribution in [0.3, 0.4) is 0 Å². The molecule has 1 aromatic carbocycles. The third-order valence-corrected chi connectivity index (χ3v) is 5.23. The lowest BCUT2D eigenvalue weighted by Crippen LogP contribution is -2.34. The van der Waals surface area contributed by atoms with Crippen molar-refractivity contribution in [2.45, 2.75) is 18.6 Å². The van der Waals surface area contributed by atoms with Crippen molar-refractivity contribution < 1.29 is 9.59 Å². The van der Waals surface area contributed by atoms with Gasteiger partial charge in [0.2, 0.25) is 0 Å². The summed E-state index contributed by atoms with van der Waals surface area (Å²) >= 11 is 1.72. The zero-order chi connectivity index (χ0) is 17.4. The molecule has 0 atom stereocenters. The molecule has 1 fully saturated rings. The third-order valence-electron chi connectivity index (χ3n) is 4.27. The highest BCUT2D eigenvalue weighted by molar-refractivity contribution is 7.99. The summed E-state index contributed by atoms with van der Waals surface area (Å²) in [5.41, 5.74) is 2.32. The van der Waals surface area contributed by atoms with E-state index in [4.69, 9.17) is 0 Å². The molecule has 1 aromatic heterocycles. The van der Waals surface area contributed by atoms with Crippen LogP contribution in [0.25, 0.3) is 0 Å². The maximum Gasteiger partial charge on any atom is 0.347 e. The molecule has 2 aliphatic heterocycles. The fraction of sp³-hybridized carbons (Fsp3) is 0.294. The molecule has 0 spiro atoms. The van der Waals surface area contributed by atoms with Gasteiger partial charge in [-0.3, -0.25) is 9.69 Å². The molecule has 0 saturated carbocycles. The van der Waals surface area contributed by atoms with Gasteiger partial charge < -0.3 is 4.57 Å². The molecule has 8 heteroatoms. The Balaban J connectivity index is 1.50. The van der Waals surface area contributed by atoms with Crippen molar-refractivity contribution >= 4 is 29.9 Å². The Morgan fingerprint density at radius 3 is 2.84 bits per heavy atom. The number of amides is 3. The van der Waals surface area contributed by atoms with Gasteiger partial charge in [-0.1, -0.05) is 30.0 Å². The molecule has 2 aromatic rings. The van der Waals surface area contributed by atoms with Gasteiger partial charge in [0.1, 0.15) is 0 Å². The molecule has 0 radical (unpaired) electrons. The van der Waals surface area contributed by atoms with Gasteiger partial charge in [0.25, 0.3) is 5.91 Å². The molecule has 25 heavy (non-hydrogen) atoms. The van der Waals surface area contributed by atoms with Crippen LogP contribution in [-0.4, -0.2) is 56.5 Å². The molecule has 2 aliphatic rings. The lowest BCUT2D eigenvalue weighted by atomic mass is 10.2. The quantitative estimate of drug-likeness (QED) is 0.792. The maximum atomic E-state index is 12.5. The molecule has 0 unspecified atom stereocenters. The lowest BCUT2D eigenvalue weighted by Gasteiger charge is -2.14. The normalized spacial score (nSPS) is 16.9. The number of nitrogens with zero attached hydrogens (tertiary/aromatic N) is 5. The van der Waals surface area contributed by atoms with Gasteiger partial charge in [-0.15, -0.1) is 0 Å². The Bertz CT molecular complexity index is 861. The summed E-state index contributed by atoms with van der Waals surface area (Å²) in [5, 5.41) is 6.63. The molecule has 7 nitrogen and oxygen atoms in total. The summed E-state index contributed by atoms with van der Waals surface area (Å²) in [7, 11) is 0. The van der Waals surface area contributed by atoms with E-state index in [1.54, 1.807) is 42.2 Å². The van der Waals surface area contributed by atoms with Crippen LogP contribution >= 0.6 is 11.8 Å². The van der Waals surface area contributed by atoms with Gasteiger partial charge in [-0.05, 0) is 19.1 Å². The second-order valence-corrected chi connectivity index (χ2v) is 6.90. The smallest absolute Gasteiger partial charge is 0.317 e. The molecular weight excluding hydrogens is 338 g/mol. The first-order valence-corrected chi connectivity index (χ1v) is 9.06. The summed E-state index contributed by atoms with van der Waals surface area (Å²) < 4.78 is 2.11. The minimum Gasteiger partial charge on any atom is -0.317 e. The summed E-state index contributed by atoms with van der Waals surface area (Å²) in [5.74, 6) is 0.715. The van der Waals surface area contributed by atoms with Gasteiger partial charge in [0, 0.05) is 17.9 Å². The van der Waals surface area contributed by atoms with Crippen molar-refractivity contribution in [1.82, 2.24) is 19.5 Å². The van der Waals surface area contributed by atoms with Crippen molar-refractivity contribution in [3.63, 3.8) is 0 Å². The van der Waals surface area contributed by atoms with Gasteiger partial charge in [-0.25, -0.2) is 14.8 Å². The molecule has 0 N–H and O–H groups in total. The minimum absolute atomic E-state index is 0.291. The van der Waals surface area contributed by atoms with Crippen LogP contribution in [0.1, 0.15) is 21.7 Å². The van der Waals surface area contributed by atoms with Crippen molar-refractivity contribution in [2.75, 3.05) is 18.8 Å². The van der Waals surface area contributed by atoms with E-state index in [1.807, 2.05) is 13.0 Å². The number of imide groups is 1. The Hall–Kier alpha value is -2.61. The number of aromatic nitrogens is 2. The Kier molecular flexibility index (Phi) is 4.04.